The summed E-state index contributed by atoms with van der Waals surface area (Å²) >= 11 is 9.18. The number of thiazole rings is 1. The number of carbonyl (C=O) groups is 1. The number of amides is 1. The molecule has 0 unspecified atom stereocenters. The number of aromatic nitrogens is 3. The Bertz CT molecular complexity index is 1280. The van der Waals surface area contributed by atoms with E-state index in [9.17, 15) is 9.59 Å². The monoisotopic (exact) mass is 486 g/mol. The van der Waals surface area contributed by atoms with Gasteiger partial charge in [0.25, 0.3) is 11.5 Å². The first-order valence-corrected chi connectivity index (χ1v) is 11.8. The molecule has 0 saturated carbocycles. The van der Waals surface area contributed by atoms with Gasteiger partial charge in [0.1, 0.15) is 16.5 Å². The van der Waals surface area contributed by atoms with Crippen molar-refractivity contribution in [3.05, 3.63) is 75.0 Å². The van der Waals surface area contributed by atoms with Crippen LogP contribution in [0.25, 0.3) is 20.5 Å². The highest BCUT2D eigenvalue weighted by molar-refractivity contribution is 7.23. The Hall–Kier alpha value is -3.01. The molecular formula is C22H19ClN4O3S2. The van der Waals surface area contributed by atoms with E-state index in [1.807, 2.05) is 24.4 Å². The van der Waals surface area contributed by atoms with Gasteiger partial charge in [0.15, 0.2) is 6.61 Å². The zero-order chi connectivity index (χ0) is 22.5. The molecule has 164 valence electrons. The molecule has 0 spiro atoms. The third-order valence-electron chi connectivity index (χ3n) is 4.47. The molecule has 10 heteroatoms. The Kier molecular flexibility index (Phi) is 6.99. The third-order valence-corrected chi connectivity index (χ3v) is 7.00. The zero-order valence-corrected chi connectivity index (χ0v) is 19.5. The minimum Gasteiger partial charge on any atom is -0.482 e. The maximum atomic E-state index is 12.2. The average molecular weight is 487 g/mol. The van der Waals surface area contributed by atoms with Gasteiger partial charge in [0, 0.05) is 12.6 Å². The van der Waals surface area contributed by atoms with Crippen LogP contribution < -0.4 is 15.6 Å². The Balaban J connectivity index is 1.38. The molecule has 4 rings (SSSR count). The van der Waals surface area contributed by atoms with E-state index < -0.39 is 0 Å². The third kappa shape index (κ3) is 5.24. The Labute approximate surface area is 197 Å². The summed E-state index contributed by atoms with van der Waals surface area (Å²) in [4.78, 5) is 31.0. The second-order valence-electron chi connectivity index (χ2n) is 6.76. The molecule has 32 heavy (non-hydrogen) atoms. The van der Waals surface area contributed by atoms with Crippen LogP contribution in [0.4, 0.5) is 0 Å². The molecule has 3 aromatic heterocycles. The number of benzene rings is 1. The van der Waals surface area contributed by atoms with E-state index in [2.05, 4.69) is 15.4 Å². The number of thiophene rings is 1. The van der Waals surface area contributed by atoms with Crippen molar-refractivity contribution in [2.45, 2.75) is 13.5 Å². The van der Waals surface area contributed by atoms with Gasteiger partial charge in [-0.1, -0.05) is 29.8 Å². The van der Waals surface area contributed by atoms with E-state index in [0.29, 0.717) is 16.5 Å². The molecule has 1 aromatic carbocycles. The summed E-state index contributed by atoms with van der Waals surface area (Å²) in [7, 11) is 0. The molecule has 0 atom stereocenters. The largest absolute Gasteiger partial charge is 0.482 e. The lowest BCUT2D eigenvalue weighted by molar-refractivity contribution is -0.123. The first-order valence-electron chi connectivity index (χ1n) is 9.75. The predicted octanol–water partition coefficient (Wildman–Crippen LogP) is 4.25. The van der Waals surface area contributed by atoms with Crippen LogP contribution in [0.15, 0.2) is 58.7 Å². The molecule has 3 heterocycles. The summed E-state index contributed by atoms with van der Waals surface area (Å²) in [6, 6.07) is 14.1. The molecule has 0 aliphatic carbocycles. The molecule has 0 saturated heterocycles. The quantitative estimate of drug-likeness (QED) is 0.402. The van der Waals surface area contributed by atoms with Gasteiger partial charge >= 0.3 is 0 Å². The number of nitrogens with one attached hydrogen (secondary N) is 1. The molecule has 4 aromatic rings. The number of carbonyl (C=O) groups excluding carboxylic acids is 1. The smallest absolute Gasteiger partial charge is 0.266 e. The van der Waals surface area contributed by atoms with Crippen LogP contribution in [0.1, 0.15) is 5.69 Å². The summed E-state index contributed by atoms with van der Waals surface area (Å²) in [5.74, 6) is 0.129. The first kappa shape index (κ1) is 22.2. The maximum absolute atomic E-state index is 12.2. The number of para-hydroxylation sites is 1. The molecular weight excluding hydrogens is 468 g/mol. The average Bonchev–Trinajstić information content (AvgIpc) is 3.44. The Morgan fingerprint density at radius 1 is 1.19 bits per heavy atom. The summed E-state index contributed by atoms with van der Waals surface area (Å²) in [6.45, 7) is 2.24. The van der Waals surface area contributed by atoms with Crippen LogP contribution >= 0.6 is 34.3 Å². The SMILES string of the molecule is Cc1nc(-c2cccs2)sc1-c1ccc(=O)n(CCNC(=O)COc2ccccc2Cl)n1. The van der Waals surface area contributed by atoms with E-state index in [0.717, 1.165) is 20.5 Å². The van der Waals surface area contributed by atoms with Crippen molar-refractivity contribution in [1.82, 2.24) is 20.1 Å². The number of ether oxygens (including phenoxy) is 1. The minimum absolute atomic E-state index is 0.169. The number of rotatable bonds is 8. The van der Waals surface area contributed by atoms with Crippen molar-refractivity contribution in [3.63, 3.8) is 0 Å². The van der Waals surface area contributed by atoms with Crippen molar-refractivity contribution in [1.29, 1.82) is 0 Å². The molecule has 0 bridgehead atoms. The summed E-state index contributed by atoms with van der Waals surface area (Å²) in [5, 5.41) is 10.6. The molecule has 0 radical (unpaired) electrons. The fourth-order valence-corrected chi connectivity index (χ4v) is 4.95. The second-order valence-corrected chi connectivity index (χ2v) is 9.11. The van der Waals surface area contributed by atoms with Crippen molar-refractivity contribution < 1.29 is 9.53 Å². The van der Waals surface area contributed by atoms with Crippen LogP contribution in [0.3, 0.4) is 0 Å². The summed E-state index contributed by atoms with van der Waals surface area (Å²) < 4.78 is 6.76. The van der Waals surface area contributed by atoms with Crippen LogP contribution in [0.2, 0.25) is 5.02 Å². The lowest BCUT2D eigenvalue weighted by Gasteiger charge is -2.10. The van der Waals surface area contributed by atoms with Gasteiger partial charge in [0.2, 0.25) is 0 Å². The zero-order valence-electron chi connectivity index (χ0n) is 17.1. The molecule has 1 N–H and O–H groups in total. The standard InChI is InChI=1S/C22H19ClN4O3S2/c1-14-21(32-22(25-14)18-7-4-12-31-18)16-8-9-20(29)27(26-16)11-10-24-19(28)13-30-17-6-3-2-5-15(17)23/h2-9,12H,10-11,13H2,1H3,(H,24,28). The number of nitrogens with zero attached hydrogens (tertiary/aromatic N) is 3. The van der Waals surface area contributed by atoms with Crippen LogP contribution in [0, 0.1) is 6.92 Å². The molecule has 0 aliphatic heterocycles. The van der Waals surface area contributed by atoms with Crippen LogP contribution in [0.5, 0.6) is 5.75 Å². The summed E-state index contributed by atoms with van der Waals surface area (Å²) in [5.41, 5.74) is 1.30. The molecule has 0 aliphatic rings. The van der Waals surface area contributed by atoms with E-state index in [1.165, 1.54) is 10.7 Å². The normalized spacial score (nSPS) is 10.8. The van der Waals surface area contributed by atoms with E-state index in [-0.39, 0.29) is 31.2 Å². The Morgan fingerprint density at radius 3 is 2.81 bits per heavy atom. The summed E-state index contributed by atoms with van der Waals surface area (Å²) in [6.07, 6.45) is 0. The highest BCUT2D eigenvalue weighted by atomic mass is 35.5. The van der Waals surface area contributed by atoms with Crippen molar-refractivity contribution in [2.75, 3.05) is 13.2 Å². The maximum Gasteiger partial charge on any atom is 0.266 e. The first-order chi connectivity index (χ1) is 15.5. The van der Waals surface area contributed by atoms with Gasteiger partial charge in [-0.2, -0.15) is 5.10 Å². The minimum atomic E-state index is -0.312. The highest BCUT2D eigenvalue weighted by Crippen LogP contribution is 2.35. The van der Waals surface area contributed by atoms with Crippen molar-refractivity contribution in [2.24, 2.45) is 0 Å². The van der Waals surface area contributed by atoms with E-state index >= 15 is 0 Å². The number of halogens is 1. The van der Waals surface area contributed by atoms with Crippen LogP contribution in [-0.4, -0.2) is 33.8 Å². The Morgan fingerprint density at radius 2 is 2.03 bits per heavy atom. The number of aryl methyl sites for hydroxylation is 1. The fourth-order valence-electron chi connectivity index (χ4n) is 2.93. The van der Waals surface area contributed by atoms with Gasteiger partial charge < -0.3 is 10.1 Å². The van der Waals surface area contributed by atoms with Crippen molar-refractivity contribution in [3.8, 4) is 26.2 Å². The topological polar surface area (TPSA) is 86.1 Å². The van der Waals surface area contributed by atoms with Gasteiger partial charge in [0.05, 0.1) is 27.0 Å². The molecule has 1 amide bonds. The molecule has 7 nitrogen and oxygen atoms in total. The number of hydrogen-bond donors (Lipinski definition) is 1. The van der Waals surface area contributed by atoms with Crippen LogP contribution in [-0.2, 0) is 11.3 Å². The van der Waals surface area contributed by atoms with Gasteiger partial charge in [-0.25, -0.2) is 9.67 Å². The fraction of sp³-hybridized carbons (Fsp3) is 0.182. The van der Waals surface area contributed by atoms with Gasteiger partial charge in [-0.15, -0.1) is 22.7 Å². The second kappa shape index (κ2) is 10.1. The highest BCUT2D eigenvalue weighted by Gasteiger charge is 2.14. The van der Waals surface area contributed by atoms with E-state index in [1.54, 1.807) is 53.0 Å². The lowest BCUT2D eigenvalue weighted by Crippen LogP contribution is -2.34. The molecule has 0 fully saturated rings. The lowest BCUT2D eigenvalue weighted by atomic mass is 10.3. The van der Waals surface area contributed by atoms with Crippen molar-refractivity contribution >= 4 is 40.2 Å². The number of hydrogen-bond acceptors (Lipinski definition) is 7. The van der Waals surface area contributed by atoms with Gasteiger partial charge in [-0.05, 0) is 36.6 Å². The predicted molar refractivity (Wildman–Crippen MR) is 128 cm³/mol. The van der Waals surface area contributed by atoms with E-state index in [4.69, 9.17) is 16.3 Å². The van der Waals surface area contributed by atoms with Gasteiger partial charge in [-0.3, -0.25) is 9.59 Å².